The zero-order valence-electron chi connectivity index (χ0n) is 11.0. The molecular formula is C15H16N2OS. The number of aryl methyl sites for hydroxylation is 1. The van der Waals surface area contributed by atoms with Crippen molar-refractivity contribution in [1.82, 2.24) is 9.88 Å². The summed E-state index contributed by atoms with van der Waals surface area (Å²) in [7, 11) is 2.02. The molecule has 0 spiro atoms. The molecule has 3 rings (SSSR count). The molecule has 2 aromatic rings. The first-order valence-corrected chi connectivity index (χ1v) is 6.68. The highest BCUT2D eigenvalue weighted by molar-refractivity contribution is 7.80. The molecule has 1 N–H and O–H groups in total. The molecule has 0 unspecified atom stereocenters. The molecule has 0 saturated carbocycles. The van der Waals surface area contributed by atoms with E-state index in [1.165, 1.54) is 5.56 Å². The molecule has 0 aliphatic carbocycles. The lowest BCUT2D eigenvalue weighted by Crippen LogP contribution is -2.32. The average Bonchev–Trinajstić information content (AvgIpc) is 2.95. The van der Waals surface area contributed by atoms with Crippen molar-refractivity contribution in [2.24, 2.45) is 7.05 Å². The Kier molecular flexibility index (Phi) is 2.82. The summed E-state index contributed by atoms with van der Waals surface area (Å²) in [5, 5.41) is 3.73. The van der Waals surface area contributed by atoms with Crippen LogP contribution in [0.25, 0.3) is 0 Å². The first-order chi connectivity index (χ1) is 9.11. The maximum absolute atomic E-state index is 5.94. The highest BCUT2D eigenvalue weighted by Gasteiger charge is 2.47. The highest BCUT2D eigenvalue weighted by atomic mass is 32.1. The van der Waals surface area contributed by atoms with E-state index in [1.54, 1.807) is 0 Å². The van der Waals surface area contributed by atoms with Gasteiger partial charge in [-0.05, 0) is 36.8 Å². The molecule has 2 atom stereocenters. The van der Waals surface area contributed by atoms with E-state index in [4.69, 9.17) is 17.0 Å². The minimum absolute atomic E-state index is 0.0230. The van der Waals surface area contributed by atoms with Crippen molar-refractivity contribution in [3.63, 3.8) is 0 Å². The number of hydrogen-bond donors (Lipinski definition) is 1. The lowest BCUT2D eigenvalue weighted by Gasteiger charge is -2.29. The third-order valence-corrected chi connectivity index (χ3v) is 3.90. The SMILES string of the molecule is Cn1cccc1[C@]1(C)OC(=S)N[C@@H]1c1ccccc1. The van der Waals surface area contributed by atoms with Crippen molar-refractivity contribution in [2.75, 3.05) is 0 Å². The molecule has 0 amide bonds. The van der Waals surface area contributed by atoms with E-state index in [0.717, 1.165) is 5.69 Å². The smallest absolute Gasteiger partial charge is 0.258 e. The fourth-order valence-electron chi connectivity index (χ4n) is 2.76. The van der Waals surface area contributed by atoms with Gasteiger partial charge >= 0.3 is 0 Å². The topological polar surface area (TPSA) is 26.2 Å². The summed E-state index contributed by atoms with van der Waals surface area (Å²) in [4.78, 5) is 0. The van der Waals surface area contributed by atoms with E-state index in [9.17, 15) is 0 Å². The van der Waals surface area contributed by atoms with Gasteiger partial charge < -0.3 is 14.6 Å². The Morgan fingerprint density at radius 1 is 1.21 bits per heavy atom. The Bertz CT molecular complexity index is 608. The van der Waals surface area contributed by atoms with Gasteiger partial charge in [0.05, 0.1) is 5.69 Å². The van der Waals surface area contributed by atoms with Crippen LogP contribution in [0, 0.1) is 0 Å². The summed E-state index contributed by atoms with van der Waals surface area (Å²) in [5.74, 6) is 0. The van der Waals surface area contributed by atoms with E-state index in [-0.39, 0.29) is 6.04 Å². The summed E-state index contributed by atoms with van der Waals surface area (Å²) in [6.45, 7) is 2.08. The number of thiocarbonyl (C=S) groups is 1. The minimum Gasteiger partial charge on any atom is -0.456 e. The fourth-order valence-corrected chi connectivity index (χ4v) is 3.05. The predicted molar refractivity (Wildman–Crippen MR) is 78.8 cm³/mol. The Morgan fingerprint density at radius 2 is 1.95 bits per heavy atom. The third kappa shape index (κ3) is 1.92. The maximum Gasteiger partial charge on any atom is 0.258 e. The zero-order valence-corrected chi connectivity index (χ0v) is 11.8. The molecule has 98 valence electrons. The summed E-state index contributed by atoms with van der Waals surface area (Å²) >= 11 is 5.22. The molecule has 19 heavy (non-hydrogen) atoms. The van der Waals surface area contributed by atoms with Crippen LogP contribution in [-0.4, -0.2) is 9.74 Å². The van der Waals surface area contributed by atoms with Crippen molar-refractivity contribution in [3.8, 4) is 0 Å². The van der Waals surface area contributed by atoms with Crippen LogP contribution in [-0.2, 0) is 17.4 Å². The summed E-state index contributed by atoms with van der Waals surface area (Å²) in [5.41, 5.74) is 1.79. The molecular weight excluding hydrogens is 256 g/mol. The number of aromatic nitrogens is 1. The lowest BCUT2D eigenvalue weighted by molar-refractivity contribution is 0.0749. The van der Waals surface area contributed by atoms with Crippen molar-refractivity contribution in [2.45, 2.75) is 18.6 Å². The third-order valence-electron chi connectivity index (χ3n) is 3.70. The van der Waals surface area contributed by atoms with Gasteiger partial charge in [-0.1, -0.05) is 30.3 Å². The summed E-state index contributed by atoms with van der Waals surface area (Å²) in [6.07, 6.45) is 2.02. The van der Waals surface area contributed by atoms with E-state index in [1.807, 2.05) is 37.5 Å². The Hall–Kier alpha value is -1.81. The van der Waals surface area contributed by atoms with Gasteiger partial charge in [0.25, 0.3) is 5.17 Å². The van der Waals surface area contributed by atoms with Gasteiger partial charge in [0.1, 0.15) is 6.04 Å². The monoisotopic (exact) mass is 272 g/mol. The van der Waals surface area contributed by atoms with Crippen molar-refractivity contribution in [3.05, 3.63) is 59.9 Å². The van der Waals surface area contributed by atoms with E-state index in [2.05, 4.69) is 35.0 Å². The summed E-state index contributed by atoms with van der Waals surface area (Å²) in [6, 6.07) is 14.4. The molecule has 3 nitrogen and oxygen atoms in total. The van der Waals surface area contributed by atoms with Crippen LogP contribution in [0.15, 0.2) is 48.7 Å². The molecule has 0 bridgehead atoms. The van der Waals surface area contributed by atoms with Gasteiger partial charge in [-0.25, -0.2) is 0 Å². The van der Waals surface area contributed by atoms with Gasteiger partial charge in [0.15, 0.2) is 5.60 Å². The van der Waals surface area contributed by atoms with Crippen molar-refractivity contribution in [1.29, 1.82) is 0 Å². The van der Waals surface area contributed by atoms with Crippen LogP contribution in [0.5, 0.6) is 0 Å². The molecule has 1 aliphatic heterocycles. The summed E-state index contributed by atoms with van der Waals surface area (Å²) < 4.78 is 8.02. The number of benzene rings is 1. The van der Waals surface area contributed by atoms with Crippen LogP contribution in [0.1, 0.15) is 24.2 Å². The fraction of sp³-hybridized carbons (Fsp3) is 0.267. The molecule has 1 fully saturated rings. The molecule has 2 heterocycles. The average molecular weight is 272 g/mol. The number of nitrogens with zero attached hydrogens (tertiary/aromatic N) is 1. The van der Waals surface area contributed by atoms with E-state index >= 15 is 0 Å². The van der Waals surface area contributed by atoms with Crippen molar-refractivity contribution >= 4 is 17.4 Å². The molecule has 4 heteroatoms. The first kappa shape index (κ1) is 12.2. The Morgan fingerprint density at radius 3 is 2.58 bits per heavy atom. The first-order valence-electron chi connectivity index (χ1n) is 6.27. The van der Waals surface area contributed by atoms with Crippen LogP contribution >= 0.6 is 12.2 Å². The maximum atomic E-state index is 5.94. The Labute approximate surface area is 118 Å². The number of ether oxygens (including phenoxy) is 1. The van der Waals surface area contributed by atoms with Crippen LogP contribution < -0.4 is 5.32 Å². The zero-order chi connectivity index (χ0) is 13.5. The standard InChI is InChI=1S/C15H16N2OS/c1-15(12-9-6-10-17(12)2)13(16-14(19)18-15)11-7-4-3-5-8-11/h3-10,13H,1-2H3,(H,16,19)/t13-,15+/m1/s1. The molecule has 1 aromatic heterocycles. The molecule has 1 saturated heterocycles. The number of rotatable bonds is 2. The second-order valence-corrected chi connectivity index (χ2v) is 5.36. The van der Waals surface area contributed by atoms with Crippen LogP contribution in [0.4, 0.5) is 0 Å². The number of hydrogen-bond acceptors (Lipinski definition) is 2. The Balaban J connectivity index is 2.08. The predicted octanol–water partition coefficient (Wildman–Crippen LogP) is 2.89. The van der Waals surface area contributed by atoms with Crippen LogP contribution in [0.3, 0.4) is 0 Å². The second kappa shape index (κ2) is 4.38. The largest absolute Gasteiger partial charge is 0.456 e. The van der Waals surface area contributed by atoms with Gasteiger partial charge in [-0.15, -0.1) is 0 Å². The quantitative estimate of drug-likeness (QED) is 0.851. The minimum atomic E-state index is -0.489. The highest BCUT2D eigenvalue weighted by Crippen LogP contribution is 2.42. The van der Waals surface area contributed by atoms with Gasteiger partial charge in [-0.2, -0.15) is 0 Å². The molecule has 1 aliphatic rings. The lowest BCUT2D eigenvalue weighted by atomic mass is 9.88. The van der Waals surface area contributed by atoms with Gasteiger partial charge in [-0.3, -0.25) is 0 Å². The second-order valence-electron chi connectivity index (χ2n) is 4.99. The molecule has 0 radical (unpaired) electrons. The van der Waals surface area contributed by atoms with E-state index < -0.39 is 5.60 Å². The molecule has 1 aromatic carbocycles. The van der Waals surface area contributed by atoms with Crippen LogP contribution in [0.2, 0.25) is 0 Å². The number of nitrogens with one attached hydrogen (secondary N) is 1. The van der Waals surface area contributed by atoms with E-state index in [0.29, 0.717) is 5.17 Å². The van der Waals surface area contributed by atoms with Gasteiger partial charge in [0, 0.05) is 13.2 Å². The van der Waals surface area contributed by atoms with Crippen molar-refractivity contribution < 1.29 is 4.74 Å². The normalized spacial score (nSPS) is 26.0. The van der Waals surface area contributed by atoms with Gasteiger partial charge in [0.2, 0.25) is 0 Å².